The summed E-state index contributed by atoms with van der Waals surface area (Å²) in [5, 5.41) is 1.58. The minimum absolute atomic E-state index is 1.47. The van der Waals surface area contributed by atoms with Gasteiger partial charge in [-0.3, -0.25) is 0 Å². The number of hydrogen-bond donors (Lipinski definition) is 0. The Bertz CT molecular complexity index is 14.4. The molecule has 0 aliphatic rings. The Kier molecular flexibility index (Phi) is 47.5. The molecule has 0 nitrogen and oxygen atoms in total. The summed E-state index contributed by atoms with van der Waals surface area (Å²) in [7, 11) is 0. The largest absolute Gasteiger partial charge is 0.130 e. The van der Waals surface area contributed by atoms with E-state index in [4.69, 9.17) is 0 Å². The van der Waals surface area contributed by atoms with Crippen LogP contribution in [0.3, 0.4) is 0 Å². The Morgan fingerprint density at radius 2 is 1.60 bits per heavy atom. The number of thiocarbonyl (C=S) groups is 1. The van der Waals surface area contributed by atoms with Gasteiger partial charge < -0.3 is 0 Å². The standard InChI is InChI=1S/C2H4S.CH3Cl/c1-2-3;1-2/h2H,1H3;1H3. The predicted molar refractivity (Wildman–Crippen MR) is 31.1 cm³/mol. The van der Waals surface area contributed by atoms with Crippen molar-refractivity contribution in [3.05, 3.63) is 0 Å². The summed E-state index contributed by atoms with van der Waals surface area (Å²) in [5.41, 5.74) is 0. The molecule has 0 N–H and O–H groups in total. The Labute approximate surface area is 43.1 Å². The lowest BCUT2D eigenvalue weighted by molar-refractivity contribution is 2.14. The van der Waals surface area contributed by atoms with Crippen LogP contribution in [-0.4, -0.2) is 11.8 Å². The number of hydrogen-bond acceptors (Lipinski definition) is 1. The molecule has 0 aliphatic carbocycles. The van der Waals surface area contributed by atoms with Crippen LogP contribution in [0.5, 0.6) is 0 Å². The zero-order valence-electron chi connectivity index (χ0n) is 3.36. The summed E-state index contributed by atoms with van der Waals surface area (Å²) < 4.78 is 0. The Morgan fingerprint density at radius 1 is 1.60 bits per heavy atom. The summed E-state index contributed by atoms with van der Waals surface area (Å²) >= 11 is 8.91. The molecule has 0 aliphatic heterocycles. The molecular formula is C3H7ClS. The van der Waals surface area contributed by atoms with Gasteiger partial charge in [-0.25, -0.2) is 0 Å². The van der Waals surface area contributed by atoms with Crippen molar-refractivity contribution in [2.24, 2.45) is 0 Å². The van der Waals surface area contributed by atoms with Crippen LogP contribution in [0.1, 0.15) is 6.92 Å². The maximum absolute atomic E-state index is 4.64. The average molecular weight is 111 g/mol. The van der Waals surface area contributed by atoms with E-state index in [9.17, 15) is 0 Å². The van der Waals surface area contributed by atoms with E-state index < -0.39 is 0 Å². The van der Waals surface area contributed by atoms with Crippen LogP contribution in [0.4, 0.5) is 0 Å². The van der Waals surface area contributed by atoms with E-state index >= 15 is 0 Å². The highest BCUT2D eigenvalue weighted by Crippen LogP contribution is 1.34. The smallest absolute Gasteiger partial charge is 0.0108 e. The summed E-state index contributed by atoms with van der Waals surface area (Å²) in [4.78, 5) is 0. The fourth-order valence-corrected chi connectivity index (χ4v) is 0. The SMILES string of the molecule is CC=S.CCl. The first kappa shape index (κ1) is 9.03. The van der Waals surface area contributed by atoms with Crippen LogP contribution in [0.2, 0.25) is 0 Å². The molecule has 0 heterocycles. The van der Waals surface area contributed by atoms with Crippen molar-refractivity contribution in [3.8, 4) is 0 Å². The van der Waals surface area contributed by atoms with E-state index in [0.29, 0.717) is 0 Å². The van der Waals surface area contributed by atoms with E-state index in [1.165, 1.54) is 6.38 Å². The van der Waals surface area contributed by atoms with Gasteiger partial charge in [0.25, 0.3) is 0 Å². The molecule has 0 bridgehead atoms. The first-order chi connectivity index (χ1) is 2.41. The van der Waals surface area contributed by atoms with Gasteiger partial charge in [-0.2, -0.15) is 0 Å². The van der Waals surface area contributed by atoms with Crippen LogP contribution in [-0.2, 0) is 0 Å². The van der Waals surface area contributed by atoms with Gasteiger partial charge in [0.1, 0.15) is 0 Å². The average Bonchev–Trinajstić information content (AvgIpc) is 1.46. The van der Waals surface area contributed by atoms with Crippen molar-refractivity contribution in [3.63, 3.8) is 0 Å². The van der Waals surface area contributed by atoms with Gasteiger partial charge >= 0.3 is 0 Å². The molecule has 0 atom stereocenters. The van der Waals surface area contributed by atoms with Gasteiger partial charge in [-0.05, 0) is 12.3 Å². The summed E-state index contributed by atoms with van der Waals surface area (Å²) in [6.07, 6.45) is 1.47. The minimum atomic E-state index is 1.47. The molecule has 32 valence electrons. The second kappa shape index (κ2) is 26.3. The van der Waals surface area contributed by atoms with Gasteiger partial charge in [-0.1, -0.05) is 12.2 Å². The van der Waals surface area contributed by atoms with Crippen molar-refractivity contribution in [2.45, 2.75) is 6.92 Å². The third-order valence-corrected chi connectivity index (χ3v) is 0. The van der Waals surface area contributed by atoms with Crippen LogP contribution >= 0.6 is 23.8 Å². The highest BCUT2D eigenvalue weighted by Gasteiger charge is 1.19. The molecule has 0 amide bonds. The molecule has 0 spiro atoms. The summed E-state index contributed by atoms with van der Waals surface area (Å²) in [6, 6.07) is 0. The van der Waals surface area contributed by atoms with Crippen LogP contribution in [0, 0.1) is 0 Å². The topological polar surface area (TPSA) is 0 Å². The van der Waals surface area contributed by atoms with Crippen molar-refractivity contribution in [1.29, 1.82) is 0 Å². The second-order valence-electron chi connectivity index (χ2n) is 0.236. The first-order valence-corrected chi connectivity index (χ1v) is 2.42. The van der Waals surface area contributed by atoms with E-state index in [1.54, 1.807) is 5.37 Å². The molecule has 0 saturated carbocycles. The molecule has 0 aromatic carbocycles. The fraction of sp³-hybridized carbons (Fsp3) is 0.667. The highest BCUT2D eigenvalue weighted by molar-refractivity contribution is 7.78. The monoisotopic (exact) mass is 110 g/mol. The van der Waals surface area contributed by atoms with Gasteiger partial charge in [0.2, 0.25) is 0 Å². The second-order valence-corrected chi connectivity index (χ2v) is 0.707. The quantitative estimate of drug-likeness (QED) is 0.339. The Morgan fingerprint density at radius 3 is 1.60 bits per heavy atom. The molecule has 5 heavy (non-hydrogen) atoms. The zero-order chi connectivity index (χ0) is 4.71. The van der Waals surface area contributed by atoms with Crippen molar-refractivity contribution in [1.82, 2.24) is 0 Å². The van der Waals surface area contributed by atoms with Crippen LogP contribution in [0.25, 0.3) is 0 Å². The van der Waals surface area contributed by atoms with Crippen molar-refractivity contribution < 1.29 is 0 Å². The van der Waals surface area contributed by atoms with Gasteiger partial charge in [0.15, 0.2) is 0 Å². The van der Waals surface area contributed by atoms with Gasteiger partial charge in [0.05, 0.1) is 0 Å². The van der Waals surface area contributed by atoms with Gasteiger partial charge in [-0.15, -0.1) is 11.6 Å². The Balaban J connectivity index is 0. The molecule has 0 aromatic rings. The molecular weight excluding hydrogens is 104 g/mol. The zero-order valence-corrected chi connectivity index (χ0v) is 4.94. The van der Waals surface area contributed by atoms with E-state index in [0.717, 1.165) is 0 Å². The Hall–Kier alpha value is 0.380. The fourth-order valence-electron chi connectivity index (χ4n) is 0. The lowest BCUT2D eigenvalue weighted by Crippen LogP contribution is -1.26. The van der Waals surface area contributed by atoms with E-state index in [2.05, 4.69) is 23.8 Å². The summed E-state index contributed by atoms with van der Waals surface area (Å²) in [6.45, 7) is 1.81. The minimum Gasteiger partial charge on any atom is -0.130 e. The lowest BCUT2D eigenvalue weighted by Gasteiger charge is -1.26. The first-order valence-electron chi connectivity index (χ1n) is 1.19. The molecule has 0 unspecified atom stereocenters. The maximum Gasteiger partial charge on any atom is 0.0108 e. The highest BCUT2D eigenvalue weighted by atomic mass is 35.5. The van der Waals surface area contributed by atoms with Crippen LogP contribution < -0.4 is 0 Å². The molecule has 0 aromatic heterocycles. The number of alkyl halides is 1. The molecule has 2 heteroatoms. The van der Waals surface area contributed by atoms with E-state index in [-0.39, 0.29) is 0 Å². The summed E-state index contributed by atoms with van der Waals surface area (Å²) in [5.74, 6) is 0. The molecule has 0 radical (unpaired) electrons. The third kappa shape index (κ3) is 172. The van der Waals surface area contributed by atoms with Crippen molar-refractivity contribution >= 4 is 29.2 Å². The van der Waals surface area contributed by atoms with Crippen molar-refractivity contribution in [2.75, 3.05) is 6.38 Å². The third-order valence-electron chi connectivity index (χ3n) is 0. The van der Waals surface area contributed by atoms with Crippen LogP contribution in [0.15, 0.2) is 0 Å². The lowest BCUT2D eigenvalue weighted by atomic mass is 11.0. The molecule has 0 rings (SSSR count). The normalized spacial score (nSPS) is 3.80. The molecule has 0 fully saturated rings. The maximum atomic E-state index is 4.64. The van der Waals surface area contributed by atoms with E-state index in [1.807, 2.05) is 6.92 Å². The van der Waals surface area contributed by atoms with Gasteiger partial charge in [0, 0.05) is 6.38 Å². The number of rotatable bonds is 0. The predicted octanol–water partition coefficient (Wildman–Crippen LogP) is 1.86. The number of halogens is 1. The molecule has 0 saturated heterocycles.